The minimum absolute atomic E-state index is 0.383. The number of carbonyl (C=O) groups is 2. The van der Waals surface area contributed by atoms with Gasteiger partial charge >= 0.3 is 12.2 Å². The van der Waals surface area contributed by atoms with Gasteiger partial charge in [-0.25, -0.2) is 9.59 Å². The van der Waals surface area contributed by atoms with Crippen LogP contribution in [0, 0.1) is 13.8 Å². The summed E-state index contributed by atoms with van der Waals surface area (Å²) in [4.78, 5) is 20.2. The zero-order valence-corrected chi connectivity index (χ0v) is 12.0. The predicted molar refractivity (Wildman–Crippen MR) is 73.1 cm³/mol. The molecule has 0 spiro atoms. The summed E-state index contributed by atoms with van der Waals surface area (Å²) >= 11 is 5.90. The van der Waals surface area contributed by atoms with Crippen LogP contribution in [0.4, 0.5) is 9.59 Å². The Hall–Kier alpha value is -1.95. The lowest BCUT2D eigenvalue weighted by molar-refractivity contribution is 0.197. The van der Waals surface area contributed by atoms with Gasteiger partial charge < -0.3 is 20.5 Å². The first-order chi connectivity index (χ1) is 8.81. The third kappa shape index (κ3) is 6.52. The molecule has 0 saturated carbocycles. The van der Waals surface area contributed by atoms with Crippen LogP contribution >= 0.6 is 11.6 Å². The van der Waals surface area contributed by atoms with Crippen molar-refractivity contribution in [2.24, 2.45) is 0 Å². The van der Waals surface area contributed by atoms with E-state index in [4.69, 9.17) is 21.4 Å². The van der Waals surface area contributed by atoms with E-state index in [1.807, 2.05) is 19.2 Å². The largest absolute Gasteiger partial charge is 0.465 e. The lowest BCUT2D eigenvalue weighted by atomic mass is 10.1. The summed E-state index contributed by atoms with van der Waals surface area (Å²) in [5.74, 6) is 0.383. The smallest absolute Gasteiger partial charge is 0.412 e. The molecular formula is C12H17ClN2O4. The summed E-state index contributed by atoms with van der Waals surface area (Å²) in [6.07, 6.45) is -1.51. The normalized spacial score (nSPS) is 8.89. The van der Waals surface area contributed by atoms with Crippen molar-refractivity contribution in [3.8, 4) is 5.75 Å². The lowest BCUT2D eigenvalue weighted by Gasteiger charge is -2.08. The average molecular weight is 289 g/mol. The number of hydrogen-bond acceptors (Lipinski definition) is 3. The molecule has 0 fully saturated rings. The molecule has 0 atom stereocenters. The van der Waals surface area contributed by atoms with Gasteiger partial charge in [0.15, 0.2) is 5.75 Å². The zero-order chi connectivity index (χ0) is 15.0. The molecule has 0 aliphatic heterocycles. The Bertz CT molecular complexity index is 463. The van der Waals surface area contributed by atoms with E-state index in [1.54, 1.807) is 12.1 Å². The molecule has 0 aliphatic carbocycles. The van der Waals surface area contributed by atoms with Crippen LogP contribution in [0.25, 0.3) is 0 Å². The first-order valence-electron chi connectivity index (χ1n) is 5.38. The molecule has 0 radical (unpaired) electrons. The Morgan fingerprint density at radius 1 is 1.16 bits per heavy atom. The number of ether oxygens (including phenoxy) is 1. The fourth-order valence-corrected chi connectivity index (χ4v) is 1.24. The second kappa shape index (κ2) is 8.20. The summed E-state index contributed by atoms with van der Waals surface area (Å²) in [7, 11) is 2.85. The summed E-state index contributed by atoms with van der Waals surface area (Å²) in [6.45, 7) is 3.88. The van der Waals surface area contributed by atoms with Crippen molar-refractivity contribution >= 4 is 23.8 Å². The van der Waals surface area contributed by atoms with Gasteiger partial charge in [0.1, 0.15) is 0 Å². The van der Waals surface area contributed by atoms with Crippen molar-refractivity contribution in [1.82, 2.24) is 10.6 Å². The van der Waals surface area contributed by atoms with Crippen molar-refractivity contribution in [3.05, 3.63) is 28.3 Å². The molecule has 1 aromatic rings. The lowest BCUT2D eigenvalue weighted by Crippen LogP contribution is -2.22. The Morgan fingerprint density at radius 3 is 2.05 bits per heavy atom. The molecule has 19 heavy (non-hydrogen) atoms. The quantitative estimate of drug-likeness (QED) is 0.741. The van der Waals surface area contributed by atoms with Crippen LogP contribution < -0.4 is 15.4 Å². The van der Waals surface area contributed by atoms with Crippen LogP contribution in [0.3, 0.4) is 0 Å². The van der Waals surface area contributed by atoms with E-state index in [1.165, 1.54) is 14.1 Å². The SMILES string of the molecule is CNC(=O)O.CNC(=O)Oc1cc(C)c(C)cc1Cl. The third-order valence-electron chi connectivity index (χ3n) is 2.17. The van der Waals surface area contributed by atoms with E-state index >= 15 is 0 Å². The van der Waals surface area contributed by atoms with E-state index in [0.29, 0.717) is 10.8 Å². The van der Waals surface area contributed by atoms with E-state index in [9.17, 15) is 9.59 Å². The molecule has 2 amide bonds. The van der Waals surface area contributed by atoms with Gasteiger partial charge in [0.25, 0.3) is 0 Å². The molecule has 7 heteroatoms. The number of carbonyl (C=O) groups excluding carboxylic acids is 1. The molecule has 0 saturated heterocycles. The molecule has 106 valence electrons. The number of halogens is 1. The van der Waals surface area contributed by atoms with Crippen molar-refractivity contribution in [1.29, 1.82) is 0 Å². The van der Waals surface area contributed by atoms with Crippen LogP contribution in [-0.4, -0.2) is 31.4 Å². The number of hydrogen-bond donors (Lipinski definition) is 3. The Morgan fingerprint density at radius 2 is 1.63 bits per heavy atom. The molecule has 0 bridgehead atoms. The van der Waals surface area contributed by atoms with E-state index in [-0.39, 0.29) is 0 Å². The van der Waals surface area contributed by atoms with Crippen LogP contribution in [-0.2, 0) is 0 Å². The van der Waals surface area contributed by atoms with Crippen molar-refractivity contribution in [2.75, 3.05) is 14.1 Å². The van der Waals surface area contributed by atoms with Gasteiger partial charge in [-0.2, -0.15) is 0 Å². The molecule has 0 aliphatic rings. The molecule has 1 aromatic carbocycles. The topological polar surface area (TPSA) is 87.7 Å². The Kier molecular flexibility index (Phi) is 7.36. The Labute approximate surface area is 116 Å². The molecular weight excluding hydrogens is 272 g/mol. The highest BCUT2D eigenvalue weighted by molar-refractivity contribution is 6.32. The maximum absolute atomic E-state index is 10.9. The minimum Gasteiger partial charge on any atom is -0.465 e. The Balaban J connectivity index is 0.000000555. The summed E-state index contributed by atoms with van der Waals surface area (Å²) in [6, 6.07) is 3.52. The second-order valence-electron chi connectivity index (χ2n) is 3.56. The van der Waals surface area contributed by atoms with Gasteiger partial charge in [-0.15, -0.1) is 0 Å². The fraction of sp³-hybridized carbons (Fsp3) is 0.333. The van der Waals surface area contributed by atoms with E-state index in [2.05, 4.69) is 5.32 Å². The minimum atomic E-state index is -0.995. The van der Waals surface area contributed by atoms with Gasteiger partial charge in [0.05, 0.1) is 5.02 Å². The molecule has 1 rings (SSSR count). The first kappa shape index (κ1) is 17.1. The van der Waals surface area contributed by atoms with Crippen LogP contribution in [0.1, 0.15) is 11.1 Å². The third-order valence-corrected chi connectivity index (χ3v) is 2.46. The number of nitrogens with one attached hydrogen (secondary N) is 2. The molecule has 0 unspecified atom stereocenters. The number of carboxylic acid groups (broad SMARTS) is 1. The summed E-state index contributed by atoms with van der Waals surface area (Å²) in [5.41, 5.74) is 2.10. The molecule has 3 N–H and O–H groups in total. The van der Waals surface area contributed by atoms with Crippen LogP contribution in [0.5, 0.6) is 5.75 Å². The zero-order valence-electron chi connectivity index (χ0n) is 11.2. The summed E-state index contributed by atoms with van der Waals surface area (Å²) < 4.78 is 4.95. The number of rotatable bonds is 1. The van der Waals surface area contributed by atoms with Crippen molar-refractivity contribution in [2.45, 2.75) is 13.8 Å². The highest BCUT2D eigenvalue weighted by Gasteiger charge is 2.08. The fourth-order valence-electron chi connectivity index (χ4n) is 0.984. The second-order valence-corrected chi connectivity index (χ2v) is 3.97. The predicted octanol–water partition coefficient (Wildman–Crippen LogP) is 2.56. The van der Waals surface area contributed by atoms with Crippen LogP contribution in [0.2, 0.25) is 5.02 Å². The highest BCUT2D eigenvalue weighted by Crippen LogP contribution is 2.27. The standard InChI is InChI=1S/C10H12ClNO2.C2H5NO2/c1-6-4-8(11)9(5-7(6)2)14-10(13)12-3;1-3-2(4)5/h4-5H,1-3H3,(H,12,13);3H,1H3,(H,4,5). The molecule has 0 aromatic heterocycles. The van der Waals surface area contributed by atoms with Gasteiger partial charge in [-0.3, -0.25) is 0 Å². The molecule has 6 nitrogen and oxygen atoms in total. The first-order valence-corrected chi connectivity index (χ1v) is 5.76. The number of benzene rings is 1. The van der Waals surface area contributed by atoms with Gasteiger partial charge in [0.2, 0.25) is 0 Å². The van der Waals surface area contributed by atoms with E-state index in [0.717, 1.165) is 11.1 Å². The number of amides is 2. The highest BCUT2D eigenvalue weighted by atomic mass is 35.5. The summed E-state index contributed by atoms with van der Waals surface area (Å²) in [5, 5.41) is 12.4. The maximum Gasteiger partial charge on any atom is 0.412 e. The molecule has 0 heterocycles. The average Bonchev–Trinajstić information content (AvgIpc) is 2.36. The van der Waals surface area contributed by atoms with E-state index < -0.39 is 12.2 Å². The van der Waals surface area contributed by atoms with Crippen LogP contribution in [0.15, 0.2) is 12.1 Å². The van der Waals surface area contributed by atoms with Crippen molar-refractivity contribution in [3.63, 3.8) is 0 Å². The monoisotopic (exact) mass is 288 g/mol. The maximum atomic E-state index is 10.9. The van der Waals surface area contributed by atoms with Gasteiger partial charge in [-0.1, -0.05) is 11.6 Å². The number of aryl methyl sites for hydroxylation is 2. The van der Waals surface area contributed by atoms with Crippen molar-refractivity contribution < 1.29 is 19.4 Å². The van der Waals surface area contributed by atoms with Gasteiger partial charge in [-0.05, 0) is 37.1 Å². The van der Waals surface area contributed by atoms with Gasteiger partial charge in [0, 0.05) is 14.1 Å².